The maximum atomic E-state index is 12.4. The number of anilines is 1. The topological polar surface area (TPSA) is 90.7 Å². The van der Waals surface area contributed by atoms with Crippen LogP contribution in [0.4, 0.5) is 5.69 Å². The predicted octanol–water partition coefficient (Wildman–Crippen LogP) is 3.98. The smallest absolute Gasteiger partial charge is 0.265 e. The average molecular weight is 376 g/mol. The van der Waals surface area contributed by atoms with Crippen molar-refractivity contribution in [2.75, 3.05) is 5.32 Å². The lowest BCUT2D eigenvalue weighted by Crippen LogP contribution is -2.30. The Balaban J connectivity index is 1.60. The number of hydrogen-bond acceptors (Lipinski definition) is 4. The van der Waals surface area contributed by atoms with E-state index in [1.165, 1.54) is 0 Å². The third kappa shape index (κ3) is 5.11. The highest BCUT2D eigenvalue weighted by Crippen LogP contribution is 2.24. The van der Waals surface area contributed by atoms with E-state index in [1.807, 2.05) is 36.4 Å². The maximum Gasteiger partial charge on any atom is 0.265 e. The van der Waals surface area contributed by atoms with Crippen LogP contribution in [-0.4, -0.2) is 17.9 Å². The molecule has 0 spiro atoms. The summed E-state index contributed by atoms with van der Waals surface area (Å²) in [5.41, 5.74) is 6.18. The van der Waals surface area contributed by atoms with Crippen molar-refractivity contribution in [1.82, 2.24) is 0 Å². The molecule has 0 aliphatic carbocycles. The molecule has 3 aromatic carbocycles. The lowest BCUT2D eigenvalue weighted by molar-refractivity contribution is -0.122. The fraction of sp³-hybridized carbons (Fsp3) is 0.0909. The first kappa shape index (κ1) is 19.0. The molecule has 0 saturated carbocycles. The van der Waals surface area contributed by atoms with Crippen LogP contribution in [-0.2, 0) is 4.79 Å². The van der Waals surface area contributed by atoms with E-state index in [2.05, 4.69) is 5.32 Å². The third-order valence-corrected chi connectivity index (χ3v) is 3.90. The van der Waals surface area contributed by atoms with Crippen LogP contribution in [0.5, 0.6) is 17.2 Å². The van der Waals surface area contributed by atoms with Crippen molar-refractivity contribution >= 4 is 17.5 Å². The summed E-state index contributed by atoms with van der Waals surface area (Å²) < 4.78 is 11.4. The van der Waals surface area contributed by atoms with Crippen LogP contribution in [0.15, 0.2) is 78.9 Å². The summed E-state index contributed by atoms with van der Waals surface area (Å²) in [4.78, 5) is 23.5. The molecule has 0 aliphatic heterocycles. The number of para-hydroxylation sites is 1. The summed E-state index contributed by atoms with van der Waals surface area (Å²) in [5.74, 6) is 0.960. The molecule has 0 heterocycles. The molecule has 0 fully saturated rings. The lowest BCUT2D eigenvalue weighted by Gasteiger charge is -2.15. The zero-order chi connectivity index (χ0) is 19.9. The van der Waals surface area contributed by atoms with Gasteiger partial charge in [-0.05, 0) is 55.5 Å². The molecule has 0 aromatic heterocycles. The molecular weight excluding hydrogens is 356 g/mol. The monoisotopic (exact) mass is 376 g/mol. The highest BCUT2D eigenvalue weighted by atomic mass is 16.5. The SMILES string of the molecule is CC(Oc1ccc(C(N)=O)cc1)C(=O)Nc1cccc(Oc2ccccc2)c1. The van der Waals surface area contributed by atoms with E-state index < -0.39 is 12.0 Å². The number of nitrogens with one attached hydrogen (secondary N) is 1. The first-order valence-electron chi connectivity index (χ1n) is 8.71. The molecular formula is C22H20N2O4. The number of rotatable bonds is 7. The van der Waals surface area contributed by atoms with Crippen LogP contribution in [0, 0.1) is 0 Å². The van der Waals surface area contributed by atoms with E-state index in [4.69, 9.17) is 15.2 Å². The zero-order valence-corrected chi connectivity index (χ0v) is 15.3. The van der Waals surface area contributed by atoms with Gasteiger partial charge < -0.3 is 20.5 Å². The van der Waals surface area contributed by atoms with Gasteiger partial charge in [-0.25, -0.2) is 0 Å². The number of carbonyl (C=O) groups excluding carboxylic acids is 2. The Morgan fingerprint density at radius 2 is 1.54 bits per heavy atom. The van der Waals surface area contributed by atoms with Crippen LogP contribution >= 0.6 is 0 Å². The molecule has 3 N–H and O–H groups in total. The second kappa shape index (κ2) is 8.73. The maximum absolute atomic E-state index is 12.4. The second-order valence-corrected chi connectivity index (χ2v) is 6.08. The van der Waals surface area contributed by atoms with Crippen LogP contribution in [0.1, 0.15) is 17.3 Å². The van der Waals surface area contributed by atoms with E-state index in [0.717, 1.165) is 0 Å². The summed E-state index contributed by atoms with van der Waals surface area (Å²) in [6, 6.07) is 22.8. The number of amides is 2. The molecule has 6 heteroatoms. The highest BCUT2D eigenvalue weighted by Gasteiger charge is 2.15. The number of hydrogen-bond donors (Lipinski definition) is 2. The van der Waals surface area contributed by atoms with Crippen molar-refractivity contribution in [3.63, 3.8) is 0 Å². The van der Waals surface area contributed by atoms with Crippen molar-refractivity contribution < 1.29 is 19.1 Å². The van der Waals surface area contributed by atoms with Gasteiger partial charge in [0.05, 0.1) is 0 Å². The normalized spacial score (nSPS) is 11.3. The van der Waals surface area contributed by atoms with Gasteiger partial charge in [-0.1, -0.05) is 24.3 Å². The molecule has 3 rings (SSSR count). The molecule has 0 aliphatic rings. The van der Waals surface area contributed by atoms with Crippen LogP contribution in [0.25, 0.3) is 0 Å². The molecule has 1 unspecified atom stereocenters. The minimum Gasteiger partial charge on any atom is -0.481 e. The summed E-state index contributed by atoms with van der Waals surface area (Å²) in [7, 11) is 0. The Kier molecular flexibility index (Phi) is 5.91. The van der Waals surface area contributed by atoms with Crippen LogP contribution in [0.3, 0.4) is 0 Å². The zero-order valence-electron chi connectivity index (χ0n) is 15.3. The summed E-state index contributed by atoms with van der Waals surface area (Å²) >= 11 is 0. The largest absolute Gasteiger partial charge is 0.481 e. The Morgan fingerprint density at radius 1 is 0.857 bits per heavy atom. The molecule has 1 atom stereocenters. The molecule has 142 valence electrons. The standard InChI is InChI=1S/C22H20N2O4/c1-15(27-19-12-10-16(11-13-19)21(23)25)22(26)24-17-6-5-9-20(14-17)28-18-7-3-2-4-8-18/h2-15H,1H3,(H2,23,25)(H,24,26). The van der Waals surface area contributed by atoms with Crippen molar-refractivity contribution in [3.8, 4) is 17.2 Å². The molecule has 0 radical (unpaired) electrons. The van der Waals surface area contributed by atoms with E-state index in [1.54, 1.807) is 49.4 Å². The summed E-state index contributed by atoms with van der Waals surface area (Å²) in [6.07, 6.45) is -0.738. The van der Waals surface area contributed by atoms with Crippen LogP contribution < -0.4 is 20.5 Å². The number of nitrogens with two attached hydrogens (primary N) is 1. The van der Waals surface area contributed by atoms with Gasteiger partial charge in [0.2, 0.25) is 5.91 Å². The van der Waals surface area contributed by atoms with Crippen molar-refractivity contribution in [2.45, 2.75) is 13.0 Å². The molecule has 0 saturated heterocycles. The Bertz CT molecular complexity index is 956. The van der Waals surface area contributed by atoms with Crippen molar-refractivity contribution in [2.24, 2.45) is 5.73 Å². The lowest BCUT2D eigenvalue weighted by atomic mass is 10.2. The molecule has 3 aromatic rings. The Hall–Kier alpha value is -3.80. The fourth-order valence-electron chi connectivity index (χ4n) is 2.46. The summed E-state index contributed by atoms with van der Waals surface area (Å²) in [5, 5.41) is 2.80. The van der Waals surface area contributed by atoms with E-state index in [0.29, 0.717) is 28.5 Å². The predicted molar refractivity (Wildman–Crippen MR) is 107 cm³/mol. The minimum atomic E-state index is -0.738. The summed E-state index contributed by atoms with van der Waals surface area (Å²) in [6.45, 7) is 1.64. The first-order chi connectivity index (χ1) is 13.5. The Morgan fingerprint density at radius 3 is 2.21 bits per heavy atom. The van der Waals surface area contributed by atoms with Gasteiger partial charge in [0, 0.05) is 17.3 Å². The molecule has 0 bridgehead atoms. The van der Waals surface area contributed by atoms with E-state index in [-0.39, 0.29) is 5.91 Å². The van der Waals surface area contributed by atoms with Gasteiger partial charge >= 0.3 is 0 Å². The number of ether oxygens (including phenoxy) is 2. The first-order valence-corrected chi connectivity index (χ1v) is 8.71. The highest BCUT2D eigenvalue weighted by molar-refractivity contribution is 5.94. The van der Waals surface area contributed by atoms with Gasteiger partial charge in [-0.15, -0.1) is 0 Å². The number of benzene rings is 3. The van der Waals surface area contributed by atoms with Gasteiger partial charge in [0.1, 0.15) is 17.2 Å². The van der Waals surface area contributed by atoms with Gasteiger partial charge in [-0.2, -0.15) is 0 Å². The third-order valence-electron chi connectivity index (χ3n) is 3.90. The van der Waals surface area contributed by atoms with Crippen molar-refractivity contribution in [1.29, 1.82) is 0 Å². The fourth-order valence-corrected chi connectivity index (χ4v) is 2.46. The molecule has 2 amide bonds. The van der Waals surface area contributed by atoms with Crippen molar-refractivity contribution in [3.05, 3.63) is 84.4 Å². The molecule has 28 heavy (non-hydrogen) atoms. The Labute approximate surface area is 162 Å². The number of primary amides is 1. The minimum absolute atomic E-state index is 0.309. The van der Waals surface area contributed by atoms with E-state index >= 15 is 0 Å². The van der Waals surface area contributed by atoms with Crippen LogP contribution in [0.2, 0.25) is 0 Å². The van der Waals surface area contributed by atoms with E-state index in [9.17, 15) is 9.59 Å². The van der Waals surface area contributed by atoms with Gasteiger partial charge in [0.15, 0.2) is 6.10 Å². The number of carbonyl (C=O) groups is 2. The van der Waals surface area contributed by atoms with Gasteiger partial charge in [0.25, 0.3) is 5.91 Å². The van der Waals surface area contributed by atoms with Gasteiger partial charge in [-0.3, -0.25) is 9.59 Å². The average Bonchev–Trinajstić information content (AvgIpc) is 2.69. The molecule has 6 nitrogen and oxygen atoms in total. The quantitative estimate of drug-likeness (QED) is 0.652. The second-order valence-electron chi connectivity index (χ2n) is 6.08.